The molecule has 8 heteroatoms. The zero-order valence-corrected chi connectivity index (χ0v) is 13.2. The molecule has 24 heavy (non-hydrogen) atoms. The van der Waals surface area contributed by atoms with Crippen LogP contribution in [0.3, 0.4) is 0 Å². The maximum absolute atomic E-state index is 12.3. The molecule has 3 aromatic rings. The van der Waals surface area contributed by atoms with E-state index in [0.717, 1.165) is 10.1 Å². The lowest BCUT2D eigenvalue weighted by atomic mass is 10.2. The average Bonchev–Trinajstić information content (AvgIpc) is 3.06. The number of benzene rings is 1. The van der Waals surface area contributed by atoms with Crippen LogP contribution in [0.4, 0.5) is 0 Å². The summed E-state index contributed by atoms with van der Waals surface area (Å²) in [6, 6.07) is 7.14. The van der Waals surface area contributed by atoms with Crippen molar-refractivity contribution >= 4 is 16.7 Å². The van der Waals surface area contributed by atoms with Crippen LogP contribution in [0.5, 0.6) is 0 Å². The van der Waals surface area contributed by atoms with Crippen molar-refractivity contribution < 1.29 is 9.32 Å². The van der Waals surface area contributed by atoms with E-state index in [9.17, 15) is 9.59 Å². The van der Waals surface area contributed by atoms with Crippen LogP contribution >= 0.6 is 0 Å². The molecule has 0 saturated carbocycles. The van der Waals surface area contributed by atoms with Gasteiger partial charge in [-0.05, 0) is 6.07 Å². The van der Waals surface area contributed by atoms with Crippen LogP contribution in [-0.4, -0.2) is 32.4 Å². The molecular weight excluding hydrogens is 310 g/mol. The molecule has 0 aliphatic heterocycles. The molecule has 0 fully saturated rings. The highest BCUT2D eigenvalue weighted by atomic mass is 16.5. The topological polar surface area (TPSA) is 103 Å². The smallest absolute Gasteiger partial charge is 0.275 e. The molecule has 0 bridgehead atoms. The first kappa shape index (κ1) is 15.9. The molecule has 0 spiro atoms. The summed E-state index contributed by atoms with van der Waals surface area (Å²) >= 11 is 0. The minimum Gasteiger partial charge on any atom is -0.354 e. The van der Waals surface area contributed by atoms with Gasteiger partial charge >= 0.3 is 0 Å². The predicted molar refractivity (Wildman–Crippen MR) is 86.4 cm³/mol. The Morgan fingerprint density at radius 2 is 2.17 bits per heavy atom. The molecule has 3 rings (SSSR count). The van der Waals surface area contributed by atoms with Gasteiger partial charge in [0.25, 0.3) is 5.56 Å². The number of aromatic nitrogens is 4. The van der Waals surface area contributed by atoms with Gasteiger partial charge in [0.15, 0.2) is 5.82 Å². The van der Waals surface area contributed by atoms with Gasteiger partial charge in [-0.3, -0.25) is 9.59 Å². The normalized spacial score (nSPS) is 10.9. The third-order valence-electron chi connectivity index (χ3n) is 3.54. The first-order valence-corrected chi connectivity index (χ1v) is 7.70. The summed E-state index contributed by atoms with van der Waals surface area (Å²) in [6.07, 6.45) is 2.72. The number of nitrogens with zero attached hydrogens (tertiary/aromatic N) is 4. The molecule has 2 heterocycles. The zero-order valence-electron chi connectivity index (χ0n) is 13.2. The standard InChI is InChI=1S/C16H17N5O3/c1-2-15-19-13(20-24-15)7-8-17-14(22)10-21-16(23)12-6-4-3-5-11(12)9-18-21/h3-6,9H,2,7-8,10H2,1H3,(H,17,22). The average molecular weight is 327 g/mol. The molecule has 0 aliphatic rings. The lowest BCUT2D eigenvalue weighted by Crippen LogP contribution is -2.34. The highest BCUT2D eigenvalue weighted by Crippen LogP contribution is 2.06. The first-order valence-electron chi connectivity index (χ1n) is 7.70. The summed E-state index contributed by atoms with van der Waals surface area (Å²) in [5.74, 6) is 0.829. The summed E-state index contributed by atoms with van der Waals surface area (Å²) in [4.78, 5) is 28.4. The number of fused-ring (bicyclic) bond motifs is 1. The molecule has 1 N–H and O–H groups in total. The second-order valence-corrected chi connectivity index (χ2v) is 5.25. The van der Waals surface area contributed by atoms with Gasteiger partial charge in [-0.2, -0.15) is 10.1 Å². The molecule has 124 valence electrons. The minimum absolute atomic E-state index is 0.129. The van der Waals surface area contributed by atoms with E-state index in [4.69, 9.17) is 4.52 Å². The van der Waals surface area contributed by atoms with Crippen LogP contribution in [0.25, 0.3) is 10.8 Å². The van der Waals surface area contributed by atoms with Gasteiger partial charge < -0.3 is 9.84 Å². The molecule has 0 aliphatic carbocycles. The minimum atomic E-state index is -0.293. The van der Waals surface area contributed by atoms with Crippen LogP contribution in [0.15, 0.2) is 39.8 Å². The van der Waals surface area contributed by atoms with Gasteiger partial charge in [0.1, 0.15) is 6.54 Å². The Hall–Kier alpha value is -3.03. The van der Waals surface area contributed by atoms with Gasteiger partial charge in [-0.15, -0.1) is 0 Å². The van der Waals surface area contributed by atoms with E-state index in [2.05, 4.69) is 20.6 Å². The fourth-order valence-corrected chi connectivity index (χ4v) is 2.28. The number of rotatable bonds is 6. The second-order valence-electron chi connectivity index (χ2n) is 5.25. The van der Waals surface area contributed by atoms with Gasteiger partial charge in [0.05, 0.1) is 11.6 Å². The fraction of sp³-hybridized carbons (Fsp3) is 0.312. The number of carbonyl (C=O) groups excluding carboxylic acids is 1. The fourth-order valence-electron chi connectivity index (χ4n) is 2.28. The van der Waals surface area contributed by atoms with Gasteiger partial charge in [-0.1, -0.05) is 30.3 Å². The van der Waals surface area contributed by atoms with Crippen LogP contribution < -0.4 is 10.9 Å². The van der Waals surface area contributed by atoms with Crippen molar-refractivity contribution in [2.75, 3.05) is 6.54 Å². The molecular formula is C16H17N5O3. The maximum Gasteiger partial charge on any atom is 0.275 e. The van der Waals surface area contributed by atoms with E-state index in [-0.39, 0.29) is 18.0 Å². The number of hydrogen-bond acceptors (Lipinski definition) is 6. The number of amides is 1. The van der Waals surface area contributed by atoms with Crippen molar-refractivity contribution in [2.45, 2.75) is 26.3 Å². The highest BCUT2D eigenvalue weighted by Gasteiger charge is 2.09. The van der Waals surface area contributed by atoms with Crippen molar-refractivity contribution in [1.82, 2.24) is 25.2 Å². The Labute approximate surface area is 137 Å². The number of nitrogens with one attached hydrogen (secondary N) is 1. The summed E-state index contributed by atoms with van der Waals surface area (Å²) in [6.45, 7) is 2.16. The van der Waals surface area contributed by atoms with E-state index < -0.39 is 0 Å². The Morgan fingerprint density at radius 1 is 1.33 bits per heavy atom. The van der Waals surface area contributed by atoms with E-state index >= 15 is 0 Å². The Morgan fingerprint density at radius 3 is 2.96 bits per heavy atom. The number of hydrogen-bond donors (Lipinski definition) is 1. The first-order chi connectivity index (χ1) is 11.7. The molecule has 2 aromatic heterocycles. The zero-order chi connectivity index (χ0) is 16.9. The number of carbonyl (C=O) groups is 1. The monoisotopic (exact) mass is 327 g/mol. The van der Waals surface area contributed by atoms with E-state index in [0.29, 0.717) is 36.5 Å². The van der Waals surface area contributed by atoms with Crippen LogP contribution in [0, 0.1) is 0 Å². The van der Waals surface area contributed by atoms with Gasteiger partial charge in [-0.25, -0.2) is 4.68 Å². The molecule has 1 aromatic carbocycles. The molecule has 0 radical (unpaired) electrons. The van der Waals surface area contributed by atoms with E-state index in [1.54, 1.807) is 18.3 Å². The molecule has 0 saturated heterocycles. The molecule has 8 nitrogen and oxygen atoms in total. The van der Waals surface area contributed by atoms with Crippen molar-refractivity contribution in [3.63, 3.8) is 0 Å². The van der Waals surface area contributed by atoms with Crippen molar-refractivity contribution in [1.29, 1.82) is 0 Å². The van der Waals surface area contributed by atoms with Gasteiger partial charge in [0.2, 0.25) is 11.8 Å². The van der Waals surface area contributed by atoms with Crippen LogP contribution in [0.1, 0.15) is 18.6 Å². The molecule has 1 amide bonds. The lowest BCUT2D eigenvalue weighted by Gasteiger charge is -2.06. The van der Waals surface area contributed by atoms with E-state index in [1.165, 1.54) is 0 Å². The Bertz CT molecular complexity index is 915. The predicted octanol–water partition coefficient (Wildman–Crippen LogP) is 0.701. The number of aryl methyl sites for hydroxylation is 1. The van der Waals surface area contributed by atoms with Crippen molar-refractivity contribution in [2.24, 2.45) is 0 Å². The molecule has 0 unspecified atom stereocenters. The van der Waals surface area contributed by atoms with Crippen LogP contribution in [0.2, 0.25) is 0 Å². The van der Waals surface area contributed by atoms with Crippen LogP contribution in [-0.2, 0) is 24.2 Å². The third-order valence-corrected chi connectivity index (χ3v) is 3.54. The van der Waals surface area contributed by atoms with E-state index in [1.807, 2.05) is 19.1 Å². The third kappa shape index (κ3) is 3.48. The van der Waals surface area contributed by atoms with Crippen molar-refractivity contribution in [3.05, 3.63) is 52.5 Å². The molecule has 0 atom stereocenters. The summed E-state index contributed by atoms with van der Waals surface area (Å²) < 4.78 is 6.15. The lowest BCUT2D eigenvalue weighted by molar-refractivity contribution is -0.121. The summed E-state index contributed by atoms with van der Waals surface area (Å²) in [7, 11) is 0. The SMILES string of the molecule is CCc1nc(CCNC(=O)Cn2ncc3ccccc3c2=O)no1. The summed E-state index contributed by atoms with van der Waals surface area (Å²) in [5.41, 5.74) is -0.283. The van der Waals surface area contributed by atoms with Crippen molar-refractivity contribution in [3.8, 4) is 0 Å². The maximum atomic E-state index is 12.3. The summed E-state index contributed by atoms with van der Waals surface area (Å²) in [5, 5.41) is 11.9. The largest absolute Gasteiger partial charge is 0.354 e. The quantitative estimate of drug-likeness (QED) is 0.715. The Balaban J connectivity index is 1.59. The van der Waals surface area contributed by atoms with Gasteiger partial charge in [0, 0.05) is 24.8 Å². The highest BCUT2D eigenvalue weighted by molar-refractivity contribution is 5.81. The second kappa shape index (κ2) is 7.03. The Kier molecular flexibility index (Phi) is 4.64.